The van der Waals surface area contributed by atoms with Gasteiger partial charge in [-0.25, -0.2) is 8.96 Å². The van der Waals surface area contributed by atoms with Gasteiger partial charge in [0.05, 0.1) is 27.3 Å². The summed E-state index contributed by atoms with van der Waals surface area (Å²) in [5.74, 6) is 0.104. The second kappa shape index (κ2) is 6.20. The van der Waals surface area contributed by atoms with Crippen molar-refractivity contribution < 1.29 is 8.96 Å². The van der Waals surface area contributed by atoms with Crippen LogP contribution in [0.25, 0.3) is 59.8 Å². The van der Waals surface area contributed by atoms with Crippen LogP contribution in [-0.4, -0.2) is 4.40 Å². The van der Waals surface area contributed by atoms with Crippen LogP contribution in [0.1, 0.15) is 30.9 Å². The Hall–Kier alpha value is -3.72. The van der Waals surface area contributed by atoms with Gasteiger partial charge in [0.15, 0.2) is 6.20 Å². The van der Waals surface area contributed by atoms with E-state index in [-0.39, 0.29) is 5.82 Å². The summed E-state index contributed by atoms with van der Waals surface area (Å²) in [6.45, 7) is 6.77. The molecule has 33 heavy (non-hydrogen) atoms. The monoisotopic (exact) mass is 431 g/mol. The predicted octanol–water partition coefficient (Wildman–Crippen LogP) is 7.54. The second-order valence-corrected chi connectivity index (χ2v) is 9.66. The molecule has 0 fully saturated rings. The summed E-state index contributed by atoms with van der Waals surface area (Å²) in [5, 5.41) is 8.56. The predicted molar refractivity (Wildman–Crippen MR) is 136 cm³/mol. The molecule has 7 rings (SSSR count). The molecular weight excluding hydrogens is 407 g/mol. The minimum atomic E-state index is -0.202. The largest absolute Gasteiger partial charge is 0.307 e. The molecule has 0 aliphatic rings. The van der Waals surface area contributed by atoms with Gasteiger partial charge in [-0.1, -0.05) is 50.2 Å². The molecule has 0 unspecified atom stereocenters. The Bertz CT molecular complexity index is 1920. The maximum Gasteiger partial charge on any atom is 0.224 e. The van der Waals surface area contributed by atoms with Crippen molar-refractivity contribution in [3.05, 3.63) is 83.8 Å². The van der Waals surface area contributed by atoms with Crippen molar-refractivity contribution in [3.8, 4) is 0 Å². The minimum absolute atomic E-state index is 0.202. The number of fused-ring (bicyclic) bond motifs is 7. The first-order valence-electron chi connectivity index (χ1n) is 11.6. The van der Waals surface area contributed by atoms with Crippen molar-refractivity contribution in [2.24, 2.45) is 7.05 Å². The lowest BCUT2D eigenvalue weighted by Gasteiger charge is -2.20. The van der Waals surface area contributed by atoms with Gasteiger partial charge in [-0.3, -0.25) is 0 Å². The van der Waals surface area contributed by atoms with Crippen LogP contribution >= 0.6 is 0 Å². The third-order valence-electron chi connectivity index (χ3n) is 7.52. The van der Waals surface area contributed by atoms with E-state index in [2.05, 4.69) is 85.4 Å². The summed E-state index contributed by atoms with van der Waals surface area (Å²) in [5.41, 5.74) is 7.16. The number of rotatable bonds is 1. The van der Waals surface area contributed by atoms with Gasteiger partial charge in [0, 0.05) is 16.8 Å². The number of pyridine rings is 2. The molecular formula is C30H24FN2+. The number of hydrogen-bond acceptors (Lipinski definition) is 0. The number of hydrogen-bond donors (Lipinski definition) is 0. The van der Waals surface area contributed by atoms with Gasteiger partial charge in [-0.05, 0) is 58.3 Å². The number of aromatic nitrogens is 2. The zero-order chi connectivity index (χ0) is 22.6. The average molecular weight is 432 g/mol. The van der Waals surface area contributed by atoms with Gasteiger partial charge in [-0.15, -0.1) is 0 Å². The summed E-state index contributed by atoms with van der Waals surface area (Å²) < 4.78 is 19.2. The molecule has 0 amide bonds. The van der Waals surface area contributed by atoms with E-state index in [1.54, 1.807) is 12.1 Å². The highest BCUT2D eigenvalue weighted by Crippen LogP contribution is 2.45. The van der Waals surface area contributed by atoms with Crippen molar-refractivity contribution in [3.63, 3.8) is 0 Å². The van der Waals surface area contributed by atoms with Crippen LogP contribution in [0.5, 0.6) is 0 Å². The molecule has 160 valence electrons. The standard InChI is InChI=1S/C30H24FN2/c1-16(2)25-22-8-6-5-7-20(22)17(3)26-29-27-18(13-14-32(29)4)9-11-23-21-12-10-19(31)15-24(21)33(28(23)27)30(25)26/h5-16H,1-4H3/q+1. The first-order chi connectivity index (χ1) is 16.0. The molecule has 3 heteroatoms. The Morgan fingerprint density at radius 2 is 1.58 bits per heavy atom. The van der Waals surface area contributed by atoms with Crippen LogP contribution in [0.4, 0.5) is 4.39 Å². The van der Waals surface area contributed by atoms with E-state index in [0.717, 1.165) is 10.9 Å². The maximum absolute atomic E-state index is 14.6. The summed E-state index contributed by atoms with van der Waals surface area (Å²) in [7, 11) is 2.14. The normalized spacial score (nSPS) is 12.7. The lowest BCUT2D eigenvalue weighted by Crippen LogP contribution is -2.29. The van der Waals surface area contributed by atoms with Gasteiger partial charge in [0.25, 0.3) is 0 Å². The molecule has 7 aromatic rings. The summed E-state index contributed by atoms with van der Waals surface area (Å²) >= 11 is 0. The van der Waals surface area contributed by atoms with Crippen LogP contribution in [0.2, 0.25) is 0 Å². The minimum Gasteiger partial charge on any atom is -0.307 e. The molecule has 3 aromatic heterocycles. The van der Waals surface area contributed by atoms with E-state index in [1.165, 1.54) is 60.0 Å². The molecule has 0 aliphatic carbocycles. The van der Waals surface area contributed by atoms with Gasteiger partial charge in [-0.2, -0.15) is 0 Å². The quantitative estimate of drug-likeness (QED) is 0.144. The van der Waals surface area contributed by atoms with Crippen molar-refractivity contribution in [1.29, 1.82) is 0 Å². The Balaban J connectivity index is 2.01. The summed E-state index contributed by atoms with van der Waals surface area (Å²) in [6.07, 6.45) is 2.16. The maximum atomic E-state index is 14.6. The zero-order valence-corrected chi connectivity index (χ0v) is 19.2. The second-order valence-electron chi connectivity index (χ2n) is 9.66. The van der Waals surface area contributed by atoms with Crippen LogP contribution in [-0.2, 0) is 7.05 Å². The van der Waals surface area contributed by atoms with E-state index in [0.29, 0.717) is 5.92 Å². The van der Waals surface area contributed by atoms with E-state index in [1.807, 2.05) is 6.07 Å². The Labute approximate surface area is 190 Å². The van der Waals surface area contributed by atoms with E-state index < -0.39 is 0 Å². The Morgan fingerprint density at radius 1 is 0.818 bits per heavy atom. The third-order valence-corrected chi connectivity index (χ3v) is 7.52. The molecule has 0 N–H and O–H groups in total. The van der Waals surface area contributed by atoms with E-state index in [4.69, 9.17) is 0 Å². The van der Waals surface area contributed by atoms with Gasteiger partial charge in [0.2, 0.25) is 5.52 Å². The van der Waals surface area contributed by atoms with Crippen LogP contribution < -0.4 is 4.57 Å². The molecule has 2 nitrogen and oxygen atoms in total. The highest BCUT2D eigenvalue weighted by Gasteiger charge is 2.27. The number of halogens is 1. The fourth-order valence-corrected chi connectivity index (χ4v) is 6.18. The molecule has 0 atom stereocenters. The molecule has 0 saturated heterocycles. The van der Waals surface area contributed by atoms with Crippen LogP contribution in [0.15, 0.2) is 66.9 Å². The number of nitrogens with zero attached hydrogens (tertiary/aromatic N) is 2. The van der Waals surface area contributed by atoms with Crippen LogP contribution in [0.3, 0.4) is 0 Å². The van der Waals surface area contributed by atoms with E-state index >= 15 is 0 Å². The first kappa shape index (κ1) is 18.8. The molecule has 0 radical (unpaired) electrons. The average Bonchev–Trinajstić information content (AvgIpc) is 3.13. The summed E-state index contributed by atoms with van der Waals surface area (Å²) in [4.78, 5) is 0. The number of benzene rings is 4. The molecule has 0 spiro atoms. The SMILES string of the molecule is Cc1c2ccccc2c(C(C)C)c2c1c1c3c(ccc4c5ccc(F)cc5n2c43)cc[n+]1C. The fraction of sp³-hybridized carbons (Fsp3) is 0.167. The van der Waals surface area contributed by atoms with Crippen molar-refractivity contribution in [2.75, 3.05) is 0 Å². The highest BCUT2D eigenvalue weighted by atomic mass is 19.1. The highest BCUT2D eigenvalue weighted by molar-refractivity contribution is 6.28. The topological polar surface area (TPSA) is 8.29 Å². The fourth-order valence-electron chi connectivity index (χ4n) is 6.18. The Morgan fingerprint density at radius 3 is 2.36 bits per heavy atom. The van der Waals surface area contributed by atoms with E-state index in [9.17, 15) is 4.39 Å². The molecule has 0 saturated carbocycles. The van der Waals surface area contributed by atoms with Crippen molar-refractivity contribution >= 4 is 59.8 Å². The molecule has 3 heterocycles. The van der Waals surface area contributed by atoms with Crippen molar-refractivity contribution in [1.82, 2.24) is 4.40 Å². The zero-order valence-electron chi connectivity index (χ0n) is 19.2. The molecule has 0 aliphatic heterocycles. The van der Waals surface area contributed by atoms with Gasteiger partial charge >= 0.3 is 0 Å². The smallest absolute Gasteiger partial charge is 0.224 e. The summed E-state index contributed by atoms with van der Waals surface area (Å²) in [6, 6.07) is 20.5. The molecule has 0 bridgehead atoms. The molecule has 4 aromatic carbocycles. The Kier molecular flexibility index (Phi) is 3.53. The lowest BCUT2D eigenvalue weighted by atomic mass is 9.88. The lowest BCUT2D eigenvalue weighted by molar-refractivity contribution is -0.643. The van der Waals surface area contributed by atoms with Gasteiger partial charge in [0.1, 0.15) is 12.9 Å². The number of aryl methyl sites for hydroxylation is 2. The first-order valence-corrected chi connectivity index (χ1v) is 11.6. The van der Waals surface area contributed by atoms with Crippen LogP contribution in [0, 0.1) is 12.7 Å². The van der Waals surface area contributed by atoms with Crippen molar-refractivity contribution in [2.45, 2.75) is 26.7 Å². The van der Waals surface area contributed by atoms with Gasteiger partial charge < -0.3 is 4.40 Å². The third kappa shape index (κ3) is 2.20.